The van der Waals surface area contributed by atoms with Gasteiger partial charge in [-0.15, -0.1) is 0 Å². The highest BCUT2D eigenvalue weighted by molar-refractivity contribution is 5.84. The SMILES string of the molecule is O=C(Cc1nc2ccccc2n2cncc12)N1CCCC1. The molecular formula is C16H16N4O. The van der Waals surface area contributed by atoms with E-state index >= 15 is 0 Å². The first-order chi connectivity index (χ1) is 10.3. The predicted molar refractivity (Wildman–Crippen MR) is 80.0 cm³/mol. The zero-order valence-electron chi connectivity index (χ0n) is 11.7. The van der Waals surface area contributed by atoms with E-state index in [0.717, 1.165) is 48.2 Å². The highest BCUT2D eigenvalue weighted by Crippen LogP contribution is 2.19. The zero-order valence-corrected chi connectivity index (χ0v) is 11.7. The van der Waals surface area contributed by atoms with Crippen molar-refractivity contribution in [1.82, 2.24) is 19.3 Å². The molecule has 0 radical (unpaired) electrons. The quantitative estimate of drug-likeness (QED) is 0.722. The summed E-state index contributed by atoms with van der Waals surface area (Å²) in [6.07, 6.45) is 6.13. The molecule has 1 aliphatic rings. The minimum atomic E-state index is 0.165. The number of para-hydroxylation sites is 2. The smallest absolute Gasteiger partial charge is 0.228 e. The van der Waals surface area contributed by atoms with Crippen LogP contribution in [0, 0.1) is 0 Å². The van der Waals surface area contributed by atoms with E-state index in [1.54, 1.807) is 12.5 Å². The Bertz CT molecular complexity index is 817. The molecule has 0 N–H and O–H groups in total. The first-order valence-corrected chi connectivity index (χ1v) is 7.30. The van der Waals surface area contributed by atoms with Crippen LogP contribution in [0.5, 0.6) is 0 Å². The number of carbonyl (C=O) groups is 1. The average molecular weight is 280 g/mol. The summed E-state index contributed by atoms with van der Waals surface area (Å²) >= 11 is 0. The van der Waals surface area contributed by atoms with Crippen molar-refractivity contribution in [3.8, 4) is 0 Å². The van der Waals surface area contributed by atoms with E-state index in [4.69, 9.17) is 0 Å². The third kappa shape index (κ3) is 2.05. The average Bonchev–Trinajstić information content (AvgIpc) is 3.19. The number of imidazole rings is 1. The third-order valence-corrected chi connectivity index (χ3v) is 4.11. The van der Waals surface area contributed by atoms with Crippen LogP contribution in [0.3, 0.4) is 0 Å². The van der Waals surface area contributed by atoms with Gasteiger partial charge in [0.25, 0.3) is 0 Å². The summed E-state index contributed by atoms with van der Waals surface area (Å²) in [4.78, 5) is 23.2. The number of likely N-dealkylation sites (tertiary alicyclic amines) is 1. The molecule has 0 bridgehead atoms. The van der Waals surface area contributed by atoms with E-state index in [2.05, 4.69) is 9.97 Å². The van der Waals surface area contributed by atoms with Gasteiger partial charge in [0.1, 0.15) is 0 Å². The van der Waals surface area contributed by atoms with Crippen molar-refractivity contribution in [1.29, 1.82) is 0 Å². The molecule has 5 heteroatoms. The van der Waals surface area contributed by atoms with Gasteiger partial charge in [-0.05, 0) is 25.0 Å². The maximum atomic E-state index is 12.4. The van der Waals surface area contributed by atoms with Gasteiger partial charge in [-0.1, -0.05) is 12.1 Å². The molecule has 5 nitrogen and oxygen atoms in total. The Kier molecular flexibility index (Phi) is 2.84. The molecule has 0 saturated carbocycles. The fourth-order valence-electron chi connectivity index (χ4n) is 3.02. The van der Waals surface area contributed by atoms with Gasteiger partial charge in [0.05, 0.1) is 41.2 Å². The topological polar surface area (TPSA) is 50.5 Å². The summed E-state index contributed by atoms with van der Waals surface area (Å²) in [7, 11) is 0. The van der Waals surface area contributed by atoms with Crippen LogP contribution in [0.2, 0.25) is 0 Å². The molecule has 2 aromatic heterocycles. The third-order valence-electron chi connectivity index (χ3n) is 4.11. The molecule has 106 valence electrons. The van der Waals surface area contributed by atoms with Crippen LogP contribution in [0.25, 0.3) is 16.6 Å². The van der Waals surface area contributed by atoms with Crippen LogP contribution >= 0.6 is 0 Å². The van der Waals surface area contributed by atoms with Crippen molar-refractivity contribution < 1.29 is 4.79 Å². The van der Waals surface area contributed by atoms with E-state index in [-0.39, 0.29) is 5.91 Å². The van der Waals surface area contributed by atoms with E-state index in [0.29, 0.717) is 6.42 Å². The van der Waals surface area contributed by atoms with Crippen molar-refractivity contribution in [3.63, 3.8) is 0 Å². The van der Waals surface area contributed by atoms with Gasteiger partial charge in [-0.25, -0.2) is 9.97 Å². The highest BCUT2D eigenvalue weighted by Gasteiger charge is 2.20. The van der Waals surface area contributed by atoms with Gasteiger partial charge in [0, 0.05) is 13.1 Å². The van der Waals surface area contributed by atoms with Crippen molar-refractivity contribution in [2.45, 2.75) is 19.3 Å². The minimum absolute atomic E-state index is 0.165. The Labute approximate surface area is 122 Å². The molecule has 0 unspecified atom stereocenters. The summed E-state index contributed by atoms with van der Waals surface area (Å²) in [5.41, 5.74) is 3.64. The molecular weight excluding hydrogens is 264 g/mol. The summed E-state index contributed by atoms with van der Waals surface area (Å²) in [6.45, 7) is 1.75. The highest BCUT2D eigenvalue weighted by atomic mass is 16.2. The summed E-state index contributed by atoms with van der Waals surface area (Å²) in [5, 5.41) is 0. The van der Waals surface area contributed by atoms with E-state index in [1.165, 1.54) is 0 Å². The second-order valence-electron chi connectivity index (χ2n) is 5.46. The van der Waals surface area contributed by atoms with E-state index in [1.807, 2.05) is 33.6 Å². The van der Waals surface area contributed by atoms with Crippen molar-refractivity contribution in [2.24, 2.45) is 0 Å². The Morgan fingerprint density at radius 2 is 1.95 bits per heavy atom. The molecule has 1 aliphatic heterocycles. The molecule has 1 aromatic carbocycles. The fraction of sp³-hybridized carbons (Fsp3) is 0.312. The van der Waals surface area contributed by atoms with Crippen molar-refractivity contribution >= 4 is 22.5 Å². The van der Waals surface area contributed by atoms with Gasteiger partial charge in [-0.2, -0.15) is 0 Å². The van der Waals surface area contributed by atoms with Crippen molar-refractivity contribution in [2.75, 3.05) is 13.1 Å². The number of hydrogen-bond donors (Lipinski definition) is 0. The second-order valence-corrected chi connectivity index (χ2v) is 5.46. The number of rotatable bonds is 2. The number of aromatic nitrogens is 3. The number of amides is 1. The number of hydrogen-bond acceptors (Lipinski definition) is 3. The van der Waals surface area contributed by atoms with Gasteiger partial charge in [0.15, 0.2) is 0 Å². The summed E-state index contributed by atoms with van der Waals surface area (Å²) < 4.78 is 2.01. The minimum Gasteiger partial charge on any atom is -0.342 e. The molecule has 1 saturated heterocycles. The first-order valence-electron chi connectivity index (χ1n) is 7.30. The lowest BCUT2D eigenvalue weighted by molar-refractivity contribution is -0.129. The predicted octanol–water partition coefficient (Wildman–Crippen LogP) is 2.05. The van der Waals surface area contributed by atoms with Gasteiger partial charge < -0.3 is 4.90 Å². The number of carbonyl (C=O) groups excluding carboxylic acids is 1. The lowest BCUT2D eigenvalue weighted by Crippen LogP contribution is -2.29. The molecule has 1 amide bonds. The van der Waals surface area contributed by atoms with Crippen LogP contribution in [-0.4, -0.2) is 38.3 Å². The zero-order chi connectivity index (χ0) is 14.2. The Balaban J connectivity index is 1.79. The monoisotopic (exact) mass is 280 g/mol. The van der Waals surface area contributed by atoms with Crippen LogP contribution < -0.4 is 0 Å². The van der Waals surface area contributed by atoms with Crippen LogP contribution in [-0.2, 0) is 11.2 Å². The van der Waals surface area contributed by atoms with Gasteiger partial charge in [-0.3, -0.25) is 9.20 Å². The summed E-state index contributed by atoms with van der Waals surface area (Å²) in [5.74, 6) is 0.165. The number of nitrogens with zero attached hydrogens (tertiary/aromatic N) is 4. The first kappa shape index (κ1) is 12.3. The standard InChI is InChI=1S/C16H16N4O/c21-16(19-7-3-4-8-19)9-13-15-10-17-11-20(15)14-6-2-1-5-12(14)18-13/h1-2,5-6,10-11H,3-4,7-9H2. The summed E-state index contributed by atoms with van der Waals surface area (Å²) in [6, 6.07) is 7.93. The van der Waals surface area contributed by atoms with E-state index < -0.39 is 0 Å². The molecule has 4 rings (SSSR count). The maximum absolute atomic E-state index is 12.4. The number of fused-ring (bicyclic) bond motifs is 3. The number of benzene rings is 1. The molecule has 0 atom stereocenters. The molecule has 21 heavy (non-hydrogen) atoms. The van der Waals surface area contributed by atoms with Gasteiger partial charge >= 0.3 is 0 Å². The van der Waals surface area contributed by atoms with E-state index in [9.17, 15) is 4.79 Å². The van der Waals surface area contributed by atoms with Crippen LogP contribution in [0.4, 0.5) is 0 Å². The Morgan fingerprint density at radius 3 is 2.81 bits per heavy atom. The van der Waals surface area contributed by atoms with Crippen LogP contribution in [0.15, 0.2) is 36.8 Å². The second kappa shape index (κ2) is 4.84. The molecule has 3 aromatic rings. The lowest BCUT2D eigenvalue weighted by atomic mass is 10.2. The largest absolute Gasteiger partial charge is 0.342 e. The lowest BCUT2D eigenvalue weighted by Gasteiger charge is -2.15. The molecule has 3 heterocycles. The Hall–Kier alpha value is -2.43. The van der Waals surface area contributed by atoms with Gasteiger partial charge in [0.2, 0.25) is 5.91 Å². The maximum Gasteiger partial charge on any atom is 0.228 e. The fourth-order valence-corrected chi connectivity index (χ4v) is 3.02. The van der Waals surface area contributed by atoms with Crippen molar-refractivity contribution in [3.05, 3.63) is 42.5 Å². The molecule has 0 aliphatic carbocycles. The normalized spacial score (nSPS) is 15.1. The molecule has 0 spiro atoms. The Morgan fingerprint density at radius 1 is 1.14 bits per heavy atom. The van der Waals surface area contributed by atoms with Crippen LogP contribution in [0.1, 0.15) is 18.5 Å². The molecule has 1 fully saturated rings.